The molecule has 2 aliphatic rings. The van der Waals surface area contributed by atoms with Gasteiger partial charge < -0.3 is 15.1 Å². The van der Waals surface area contributed by atoms with E-state index in [0.29, 0.717) is 12.3 Å². The molecule has 0 aliphatic carbocycles. The van der Waals surface area contributed by atoms with Crippen LogP contribution < -0.4 is 5.32 Å². The maximum absolute atomic E-state index is 12.7. The molecule has 2 aliphatic heterocycles. The molecule has 2 amide bonds. The van der Waals surface area contributed by atoms with Crippen molar-refractivity contribution in [3.05, 3.63) is 0 Å². The fraction of sp³-hybridized carbons (Fsp3) is 0.867. The summed E-state index contributed by atoms with van der Waals surface area (Å²) < 4.78 is 0. The maximum Gasteiger partial charge on any atom is 0.245 e. The average molecular weight is 318 g/mol. The lowest BCUT2D eigenvalue weighted by Crippen LogP contribution is -2.52. The highest BCUT2D eigenvalue weighted by Crippen LogP contribution is 2.21. The summed E-state index contributed by atoms with van der Waals surface area (Å²) in [5.41, 5.74) is 0. The predicted molar refractivity (Wildman–Crippen MR) is 85.5 cm³/mol. The maximum atomic E-state index is 12.7. The molecule has 122 valence electrons. The summed E-state index contributed by atoms with van der Waals surface area (Å²) in [6, 6.07) is -0.238. The number of piperidine rings is 1. The standard InChI is InChI=1S/C15H27N3O2.ClH/c1-3-13(18-9-5-7-14(18)19)15(20)17-8-4-6-12(11-17)10-16-2;/h12-13,16H,3-11H2,1-2H3;1H. The molecule has 0 aromatic carbocycles. The van der Waals surface area contributed by atoms with Gasteiger partial charge in [0.15, 0.2) is 0 Å². The van der Waals surface area contributed by atoms with Crippen LogP contribution in [0.4, 0.5) is 0 Å². The predicted octanol–water partition coefficient (Wildman–Crippen LogP) is 1.27. The van der Waals surface area contributed by atoms with Crippen molar-refractivity contribution in [2.45, 2.75) is 45.1 Å². The van der Waals surface area contributed by atoms with Gasteiger partial charge >= 0.3 is 0 Å². The lowest BCUT2D eigenvalue weighted by atomic mass is 9.97. The Morgan fingerprint density at radius 3 is 2.71 bits per heavy atom. The average Bonchev–Trinajstić information content (AvgIpc) is 2.87. The van der Waals surface area contributed by atoms with Gasteiger partial charge in [-0.15, -0.1) is 12.4 Å². The van der Waals surface area contributed by atoms with Gasteiger partial charge in [0.25, 0.3) is 0 Å². The molecule has 0 aromatic heterocycles. The fourth-order valence-electron chi connectivity index (χ4n) is 3.46. The lowest BCUT2D eigenvalue weighted by molar-refractivity contribution is -0.145. The first-order valence-corrected chi connectivity index (χ1v) is 7.90. The zero-order chi connectivity index (χ0) is 14.5. The van der Waals surface area contributed by atoms with E-state index >= 15 is 0 Å². The third kappa shape index (κ3) is 4.33. The summed E-state index contributed by atoms with van der Waals surface area (Å²) in [5.74, 6) is 0.849. The number of hydrogen-bond acceptors (Lipinski definition) is 3. The Morgan fingerprint density at radius 1 is 1.38 bits per heavy atom. The van der Waals surface area contributed by atoms with E-state index in [1.165, 1.54) is 6.42 Å². The third-order valence-corrected chi connectivity index (χ3v) is 4.48. The SMILES string of the molecule is CCC(C(=O)N1CCCC(CNC)C1)N1CCCC1=O.Cl. The molecular formula is C15H28ClN3O2. The van der Waals surface area contributed by atoms with Gasteiger partial charge in [-0.1, -0.05) is 6.92 Å². The van der Waals surface area contributed by atoms with Gasteiger partial charge in [-0.05, 0) is 45.2 Å². The van der Waals surface area contributed by atoms with Gasteiger partial charge in [0.05, 0.1) is 0 Å². The minimum absolute atomic E-state index is 0. The van der Waals surface area contributed by atoms with Crippen LogP contribution in [-0.4, -0.2) is 60.9 Å². The second-order valence-corrected chi connectivity index (χ2v) is 5.96. The first-order chi connectivity index (χ1) is 9.67. The Hall–Kier alpha value is -0.810. The molecule has 2 rings (SSSR count). The Balaban J connectivity index is 0.00000220. The molecule has 0 saturated carbocycles. The zero-order valence-corrected chi connectivity index (χ0v) is 14.0. The summed E-state index contributed by atoms with van der Waals surface area (Å²) in [6.07, 6.45) is 4.47. The number of hydrogen-bond donors (Lipinski definition) is 1. The largest absolute Gasteiger partial charge is 0.341 e. The fourth-order valence-corrected chi connectivity index (χ4v) is 3.46. The van der Waals surface area contributed by atoms with Gasteiger partial charge in [0.1, 0.15) is 6.04 Å². The topological polar surface area (TPSA) is 52.7 Å². The summed E-state index contributed by atoms with van der Waals surface area (Å²) in [5, 5.41) is 3.20. The van der Waals surface area contributed by atoms with Gasteiger partial charge in [0, 0.05) is 26.1 Å². The van der Waals surface area contributed by atoms with Crippen molar-refractivity contribution in [3.63, 3.8) is 0 Å². The number of likely N-dealkylation sites (tertiary alicyclic amines) is 2. The van der Waals surface area contributed by atoms with E-state index in [0.717, 1.165) is 45.4 Å². The van der Waals surface area contributed by atoms with Crippen LogP contribution in [0.5, 0.6) is 0 Å². The van der Waals surface area contributed by atoms with Gasteiger partial charge in [-0.25, -0.2) is 0 Å². The molecule has 21 heavy (non-hydrogen) atoms. The van der Waals surface area contributed by atoms with Crippen LogP contribution in [0.2, 0.25) is 0 Å². The van der Waals surface area contributed by atoms with Gasteiger partial charge in [0.2, 0.25) is 11.8 Å². The van der Waals surface area contributed by atoms with E-state index in [1.54, 1.807) is 4.90 Å². The van der Waals surface area contributed by atoms with E-state index in [2.05, 4.69) is 5.32 Å². The van der Waals surface area contributed by atoms with Crippen molar-refractivity contribution in [2.24, 2.45) is 5.92 Å². The first kappa shape index (κ1) is 18.2. The van der Waals surface area contributed by atoms with Crippen LogP contribution in [0.15, 0.2) is 0 Å². The second-order valence-electron chi connectivity index (χ2n) is 5.96. The quantitative estimate of drug-likeness (QED) is 0.831. The van der Waals surface area contributed by atoms with Crippen LogP contribution in [0.25, 0.3) is 0 Å². The van der Waals surface area contributed by atoms with Crippen molar-refractivity contribution < 1.29 is 9.59 Å². The number of halogens is 1. The van der Waals surface area contributed by atoms with Crippen molar-refractivity contribution in [1.82, 2.24) is 15.1 Å². The molecule has 2 atom stereocenters. The molecule has 2 fully saturated rings. The van der Waals surface area contributed by atoms with E-state index in [1.807, 2.05) is 18.9 Å². The van der Waals surface area contributed by atoms with Crippen LogP contribution in [0.1, 0.15) is 39.0 Å². The van der Waals surface area contributed by atoms with Gasteiger partial charge in [-0.2, -0.15) is 0 Å². The molecule has 0 spiro atoms. The normalized spacial score (nSPS) is 23.9. The Bertz CT molecular complexity index is 363. The van der Waals surface area contributed by atoms with Crippen LogP contribution in [-0.2, 0) is 9.59 Å². The van der Waals surface area contributed by atoms with Crippen molar-refractivity contribution in [1.29, 1.82) is 0 Å². The van der Waals surface area contributed by atoms with Crippen LogP contribution in [0, 0.1) is 5.92 Å². The molecule has 2 unspecified atom stereocenters. The molecular weight excluding hydrogens is 290 g/mol. The second kappa shape index (κ2) is 8.59. The van der Waals surface area contributed by atoms with Crippen LogP contribution in [0.3, 0.4) is 0 Å². The highest BCUT2D eigenvalue weighted by Gasteiger charge is 2.35. The minimum Gasteiger partial charge on any atom is -0.341 e. The molecule has 0 bridgehead atoms. The van der Waals surface area contributed by atoms with Crippen molar-refractivity contribution >= 4 is 24.2 Å². The third-order valence-electron chi connectivity index (χ3n) is 4.48. The monoisotopic (exact) mass is 317 g/mol. The Morgan fingerprint density at radius 2 is 2.14 bits per heavy atom. The minimum atomic E-state index is -0.238. The Labute approximate surface area is 133 Å². The summed E-state index contributed by atoms with van der Waals surface area (Å²) in [6.45, 7) is 5.39. The van der Waals surface area contributed by atoms with E-state index < -0.39 is 0 Å². The smallest absolute Gasteiger partial charge is 0.245 e. The molecule has 2 saturated heterocycles. The lowest BCUT2D eigenvalue weighted by Gasteiger charge is -2.37. The first-order valence-electron chi connectivity index (χ1n) is 7.90. The van der Waals surface area contributed by atoms with Crippen LogP contribution >= 0.6 is 12.4 Å². The highest BCUT2D eigenvalue weighted by molar-refractivity contribution is 5.88. The summed E-state index contributed by atoms with van der Waals surface area (Å²) >= 11 is 0. The van der Waals surface area contributed by atoms with E-state index in [9.17, 15) is 9.59 Å². The Kier molecular flexibility index (Phi) is 7.46. The van der Waals surface area contributed by atoms with E-state index in [4.69, 9.17) is 0 Å². The molecule has 5 nitrogen and oxygen atoms in total. The number of nitrogens with one attached hydrogen (secondary N) is 1. The number of carbonyl (C=O) groups is 2. The summed E-state index contributed by atoms with van der Waals surface area (Å²) in [7, 11) is 1.96. The molecule has 1 N–H and O–H groups in total. The zero-order valence-electron chi connectivity index (χ0n) is 13.1. The number of carbonyl (C=O) groups excluding carboxylic acids is 2. The highest BCUT2D eigenvalue weighted by atomic mass is 35.5. The number of rotatable bonds is 5. The number of nitrogens with zero attached hydrogens (tertiary/aromatic N) is 2. The molecule has 0 aromatic rings. The molecule has 0 radical (unpaired) electrons. The number of amides is 2. The van der Waals surface area contributed by atoms with Crippen molar-refractivity contribution in [2.75, 3.05) is 33.2 Å². The van der Waals surface area contributed by atoms with Gasteiger partial charge in [-0.3, -0.25) is 9.59 Å². The summed E-state index contributed by atoms with van der Waals surface area (Å²) in [4.78, 5) is 28.4. The molecule has 2 heterocycles. The molecule has 6 heteroatoms. The van der Waals surface area contributed by atoms with Crippen molar-refractivity contribution in [3.8, 4) is 0 Å². The van der Waals surface area contributed by atoms with E-state index in [-0.39, 0.29) is 30.3 Å².